The molecule has 1 heterocycles. The molecule has 0 aliphatic carbocycles. The van der Waals surface area contributed by atoms with Gasteiger partial charge in [-0.1, -0.05) is 26.8 Å². The van der Waals surface area contributed by atoms with Crippen LogP contribution in [0.25, 0.3) is 0 Å². The van der Waals surface area contributed by atoms with Crippen molar-refractivity contribution in [1.82, 2.24) is 5.32 Å². The Balaban J connectivity index is 2.30. The Hall–Kier alpha value is -1.22. The molecule has 1 aliphatic heterocycles. The zero-order valence-corrected chi connectivity index (χ0v) is 14.0. The Morgan fingerprint density at radius 1 is 1.38 bits per heavy atom. The maximum Gasteiger partial charge on any atom is 0.128 e. The van der Waals surface area contributed by atoms with E-state index in [0.717, 1.165) is 37.5 Å². The topological polar surface area (TPSA) is 30.5 Å². The smallest absolute Gasteiger partial charge is 0.128 e. The predicted octanol–water partition coefficient (Wildman–Crippen LogP) is 4.32. The lowest BCUT2D eigenvalue weighted by Gasteiger charge is -2.39. The zero-order chi connectivity index (χ0) is 15.5. The van der Waals surface area contributed by atoms with Gasteiger partial charge in [-0.3, -0.25) is 0 Å². The average Bonchev–Trinajstić information content (AvgIpc) is 2.40. The van der Waals surface area contributed by atoms with E-state index in [9.17, 15) is 0 Å². The van der Waals surface area contributed by atoms with Gasteiger partial charge >= 0.3 is 0 Å². The number of hydrogen-bond donors (Lipinski definition) is 1. The second-order valence-corrected chi connectivity index (χ2v) is 6.94. The first-order valence-corrected chi connectivity index (χ1v) is 8.11. The molecule has 1 aromatic rings. The van der Waals surface area contributed by atoms with Crippen molar-refractivity contribution >= 4 is 0 Å². The molecule has 0 bridgehead atoms. The molecule has 3 heteroatoms. The monoisotopic (exact) mass is 291 g/mol. The molecule has 0 fully saturated rings. The number of fused-ring (bicyclic) bond motifs is 1. The molecule has 1 aliphatic rings. The fourth-order valence-electron chi connectivity index (χ4n) is 2.78. The molecule has 1 N–H and O–H groups in total. The van der Waals surface area contributed by atoms with Gasteiger partial charge in [0.25, 0.3) is 0 Å². The first-order valence-electron chi connectivity index (χ1n) is 8.11. The molecule has 3 nitrogen and oxygen atoms in total. The summed E-state index contributed by atoms with van der Waals surface area (Å²) in [7, 11) is 0. The highest BCUT2D eigenvalue weighted by molar-refractivity contribution is 5.48. The average molecular weight is 291 g/mol. The van der Waals surface area contributed by atoms with Crippen LogP contribution in [-0.2, 0) is 0 Å². The number of benzene rings is 1. The summed E-state index contributed by atoms with van der Waals surface area (Å²) >= 11 is 0. The molecule has 21 heavy (non-hydrogen) atoms. The van der Waals surface area contributed by atoms with Crippen LogP contribution in [-0.4, -0.2) is 18.8 Å². The summed E-state index contributed by atoms with van der Waals surface area (Å²) in [5.41, 5.74) is 1.04. The fourth-order valence-corrected chi connectivity index (χ4v) is 2.78. The van der Waals surface area contributed by atoms with Crippen molar-refractivity contribution in [2.75, 3.05) is 13.2 Å². The van der Waals surface area contributed by atoms with Crippen molar-refractivity contribution < 1.29 is 9.47 Å². The van der Waals surface area contributed by atoms with E-state index in [1.807, 2.05) is 6.07 Å². The van der Waals surface area contributed by atoms with E-state index < -0.39 is 0 Å². The van der Waals surface area contributed by atoms with Crippen LogP contribution in [0.4, 0.5) is 0 Å². The summed E-state index contributed by atoms with van der Waals surface area (Å²) in [4.78, 5) is 0. The van der Waals surface area contributed by atoms with Crippen molar-refractivity contribution in [2.45, 2.75) is 59.1 Å². The molecule has 1 atom stereocenters. The van der Waals surface area contributed by atoms with Gasteiger partial charge in [-0.05, 0) is 44.9 Å². The lowest BCUT2D eigenvalue weighted by Crippen LogP contribution is -2.40. The molecule has 118 valence electrons. The minimum Gasteiger partial charge on any atom is -0.493 e. The first-order chi connectivity index (χ1) is 9.93. The number of hydrogen-bond acceptors (Lipinski definition) is 3. The van der Waals surface area contributed by atoms with Gasteiger partial charge < -0.3 is 14.8 Å². The van der Waals surface area contributed by atoms with E-state index in [0.29, 0.717) is 12.0 Å². The van der Waals surface area contributed by atoms with Crippen LogP contribution in [0.3, 0.4) is 0 Å². The van der Waals surface area contributed by atoms with E-state index >= 15 is 0 Å². The Morgan fingerprint density at radius 3 is 2.81 bits per heavy atom. The summed E-state index contributed by atoms with van der Waals surface area (Å²) in [5.74, 6) is 2.55. The van der Waals surface area contributed by atoms with E-state index in [1.165, 1.54) is 5.56 Å². The Morgan fingerprint density at radius 2 is 2.14 bits per heavy atom. The molecule has 1 aromatic carbocycles. The Kier molecular flexibility index (Phi) is 5.15. The van der Waals surface area contributed by atoms with Gasteiger partial charge in [-0.2, -0.15) is 0 Å². The van der Waals surface area contributed by atoms with Crippen LogP contribution in [0.5, 0.6) is 11.5 Å². The van der Waals surface area contributed by atoms with Gasteiger partial charge in [0.05, 0.1) is 12.2 Å². The second kappa shape index (κ2) is 6.69. The summed E-state index contributed by atoms with van der Waals surface area (Å²) in [6.45, 7) is 12.7. The molecular formula is C18H29NO2. The van der Waals surface area contributed by atoms with Crippen molar-refractivity contribution in [3.05, 3.63) is 23.8 Å². The highest BCUT2D eigenvalue weighted by atomic mass is 16.5. The van der Waals surface area contributed by atoms with Gasteiger partial charge in [-0.15, -0.1) is 0 Å². The number of ether oxygens (including phenoxy) is 2. The van der Waals surface area contributed by atoms with Crippen molar-refractivity contribution in [1.29, 1.82) is 0 Å². The summed E-state index contributed by atoms with van der Waals surface area (Å²) < 4.78 is 12.1. The van der Waals surface area contributed by atoms with Crippen LogP contribution in [0.15, 0.2) is 18.2 Å². The highest BCUT2D eigenvalue weighted by Gasteiger charge is 2.35. The van der Waals surface area contributed by atoms with E-state index in [-0.39, 0.29) is 5.60 Å². The number of rotatable bonds is 6. The van der Waals surface area contributed by atoms with Gasteiger partial charge in [0, 0.05) is 12.5 Å². The largest absolute Gasteiger partial charge is 0.493 e. The van der Waals surface area contributed by atoms with Crippen LogP contribution in [0.1, 0.15) is 59.1 Å². The highest BCUT2D eigenvalue weighted by Crippen LogP contribution is 2.44. The number of nitrogens with one attached hydrogen (secondary N) is 1. The summed E-state index contributed by atoms with van der Waals surface area (Å²) in [6.07, 6.45) is 1.97. The van der Waals surface area contributed by atoms with E-state index in [1.54, 1.807) is 0 Å². The van der Waals surface area contributed by atoms with Gasteiger partial charge in [-0.25, -0.2) is 0 Å². The molecular weight excluding hydrogens is 262 g/mol. The minimum absolute atomic E-state index is 0.148. The third kappa shape index (κ3) is 4.13. The maximum absolute atomic E-state index is 6.16. The van der Waals surface area contributed by atoms with Crippen molar-refractivity contribution in [3.8, 4) is 11.5 Å². The van der Waals surface area contributed by atoms with Gasteiger partial charge in [0.15, 0.2) is 0 Å². The Labute approximate surface area is 129 Å². The molecule has 0 saturated carbocycles. The van der Waals surface area contributed by atoms with Crippen LogP contribution in [0, 0.1) is 5.92 Å². The van der Waals surface area contributed by atoms with E-state index in [4.69, 9.17) is 9.47 Å². The SMILES string of the molecule is CCCOc1cccc2c1C(NCC(C)C)CC(C)(C)O2. The third-order valence-corrected chi connectivity index (χ3v) is 3.69. The zero-order valence-electron chi connectivity index (χ0n) is 14.0. The standard InChI is InChI=1S/C18H29NO2/c1-6-10-20-15-8-7-9-16-17(15)14(19-12-13(2)3)11-18(4,5)21-16/h7-9,13-14,19H,6,10-12H2,1-5H3. The van der Waals surface area contributed by atoms with Crippen LogP contribution < -0.4 is 14.8 Å². The summed E-state index contributed by atoms with van der Waals surface area (Å²) in [5, 5.41) is 3.69. The first kappa shape index (κ1) is 16.2. The van der Waals surface area contributed by atoms with Crippen LogP contribution in [0.2, 0.25) is 0 Å². The molecule has 2 rings (SSSR count). The van der Waals surface area contributed by atoms with Crippen LogP contribution >= 0.6 is 0 Å². The lowest BCUT2D eigenvalue weighted by molar-refractivity contribution is 0.0638. The molecule has 0 radical (unpaired) electrons. The predicted molar refractivity (Wildman–Crippen MR) is 87.1 cm³/mol. The molecule has 0 saturated heterocycles. The molecule has 1 unspecified atom stereocenters. The van der Waals surface area contributed by atoms with Gasteiger partial charge in [0.2, 0.25) is 0 Å². The van der Waals surface area contributed by atoms with Crippen molar-refractivity contribution in [3.63, 3.8) is 0 Å². The summed E-state index contributed by atoms with van der Waals surface area (Å²) in [6, 6.07) is 6.42. The van der Waals surface area contributed by atoms with E-state index in [2.05, 4.69) is 52.1 Å². The normalized spacial score (nSPS) is 20.0. The quantitative estimate of drug-likeness (QED) is 0.846. The van der Waals surface area contributed by atoms with Gasteiger partial charge in [0.1, 0.15) is 17.1 Å². The molecule has 0 aromatic heterocycles. The van der Waals surface area contributed by atoms with Crippen molar-refractivity contribution in [2.24, 2.45) is 5.92 Å². The Bertz CT molecular complexity index is 468. The second-order valence-electron chi connectivity index (χ2n) is 6.94. The fraction of sp³-hybridized carbons (Fsp3) is 0.667. The third-order valence-electron chi connectivity index (χ3n) is 3.69. The maximum atomic E-state index is 6.16. The molecule has 0 amide bonds. The molecule has 0 spiro atoms. The lowest BCUT2D eigenvalue weighted by atomic mass is 9.89. The minimum atomic E-state index is -0.148.